The number of pyridine rings is 1. The molecule has 2 aromatic heterocycles. The van der Waals surface area contributed by atoms with Crippen LogP contribution in [0.15, 0.2) is 200 Å². The molecular weight excluding hydrogens is 667 g/mol. The van der Waals surface area contributed by atoms with E-state index in [0.717, 1.165) is 44.8 Å². The van der Waals surface area contributed by atoms with E-state index in [4.69, 9.17) is 9.97 Å². The molecule has 2 aliphatic carbocycles. The van der Waals surface area contributed by atoms with Gasteiger partial charge in [0.25, 0.3) is 0 Å². The molecule has 3 nitrogen and oxygen atoms in total. The van der Waals surface area contributed by atoms with E-state index in [0.29, 0.717) is 5.82 Å². The lowest BCUT2D eigenvalue weighted by molar-refractivity contribution is 0.794. The maximum atomic E-state index is 5.29. The average Bonchev–Trinajstić information content (AvgIpc) is 3.74. The van der Waals surface area contributed by atoms with Crippen molar-refractivity contribution in [2.24, 2.45) is 0 Å². The third-order valence-corrected chi connectivity index (χ3v) is 11.4. The Labute approximate surface area is 320 Å². The fraction of sp³-hybridized carbons (Fsp3) is 0.0192. The number of hydrogen-bond acceptors (Lipinski definition) is 3. The Kier molecular flexibility index (Phi) is 7.08. The zero-order valence-electron chi connectivity index (χ0n) is 29.9. The lowest BCUT2D eigenvalue weighted by Crippen LogP contribution is -2.25. The summed E-state index contributed by atoms with van der Waals surface area (Å²) in [4.78, 5) is 14.8. The van der Waals surface area contributed by atoms with Gasteiger partial charge in [-0.25, -0.2) is 9.97 Å². The third-order valence-electron chi connectivity index (χ3n) is 11.4. The van der Waals surface area contributed by atoms with Gasteiger partial charge in [-0.2, -0.15) is 0 Å². The van der Waals surface area contributed by atoms with Gasteiger partial charge in [0.2, 0.25) is 0 Å². The Bertz CT molecular complexity index is 2750. The van der Waals surface area contributed by atoms with Gasteiger partial charge in [0.05, 0.1) is 16.8 Å². The van der Waals surface area contributed by atoms with Gasteiger partial charge < -0.3 is 0 Å². The second-order valence-electron chi connectivity index (χ2n) is 14.4. The minimum atomic E-state index is -0.379. The molecule has 0 saturated carbocycles. The van der Waals surface area contributed by atoms with Crippen LogP contribution in [0.1, 0.15) is 22.3 Å². The number of fused-ring (bicyclic) bond motifs is 10. The average molecular weight is 700 g/mol. The molecule has 2 aliphatic rings. The van der Waals surface area contributed by atoms with Crippen LogP contribution in [0.2, 0.25) is 0 Å². The summed E-state index contributed by atoms with van der Waals surface area (Å²) in [5.41, 5.74) is 19.4. The molecule has 0 atom stereocenters. The van der Waals surface area contributed by atoms with Crippen LogP contribution in [0.3, 0.4) is 0 Å². The van der Waals surface area contributed by atoms with Crippen LogP contribution in [0.25, 0.3) is 78.4 Å². The molecule has 0 amide bonds. The first-order valence-corrected chi connectivity index (χ1v) is 18.8. The summed E-state index contributed by atoms with van der Waals surface area (Å²) >= 11 is 0. The minimum absolute atomic E-state index is 0.379. The fourth-order valence-electron chi connectivity index (χ4n) is 8.94. The highest BCUT2D eigenvalue weighted by Crippen LogP contribution is 2.62. The first kappa shape index (κ1) is 31.3. The summed E-state index contributed by atoms with van der Waals surface area (Å²) in [6, 6.07) is 67.6. The number of benzene rings is 7. The summed E-state index contributed by atoms with van der Waals surface area (Å²) in [6.07, 6.45) is 3.70. The van der Waals surface area contributed by atoms with Gasteiger partial charge in [-0.1, -0.05) is 170 Å². The summed E-state index contributed by atoms with van der Waals surface area (Å²) < 4.78 is 0. The van der Waals surface area contributed by atoms with E-state index < -0.39 is 0 Å². The number of rotatable bonds is 5. The molecule has 0 radical (unpaired) electrons. The Morgan fingerprint density at radius 1 is 0.309 bits per heavy atom. The summed E-state index contributed by atoms with van der Waals surface area (Å²) in [6.45, 7) is 0. The lowest BCUT2D eigenvalue weighted by Gasteiger charge is -2.30. The molecule has 2 heterocycles. The van der Waals surface area contributed by atoms with Crippen molar-refractivity contribution >= 4 is 0 Å². The van der Waals surface area contributed by atoms with Crippen molar-refractivity contribution in [3.63, 3.8) is 0 Å². The Morgan fingerprint density at radius 2 is 0.764 bits per heavy atom. The van der Waals surface area contributed by atoms with Gasteiger partial charge in [-0.3, -0.25) is 4.98 Å². The summed E-state index contributed by atoms with van der Waals surface area (Å²) in [5, 5.41) is 0. The zero-order valence-corrected chi connectivity index (χ0v) is 29.9. The molecule has 256 valence electrons. The number of nitrogens with zero attached hydrogens (tertiary/aromatic N) is 3. The van der Waals surface area contributed by atoms with Crippen molar-refractivity contribution in [3.05, 3.63) is 223 Å². The van der Waals surface area contributed by atoms with Crippen molar-refractivity contribution in [2.45, 2.75) is 5.41 Å². The van der Waals surface area contributed by atoms with Gasteiger partial charge in [0, 0.05) is 29.1 Å². The quantitative estimate of drug-likeness (QED) is 0.179. The molecule has 0 fully saturated rings. The molecule has 1 spiro atoms. The highest BCUT2D eigenvalue weighted by Gasteiger charge is 2.51. The minimum Gasteiger partial charge on any atom is -0.264 e. The predicted octanol–water partition coefficient (Wildman–Crippen LogP) is 12.6. The molecule has 7 aromatic carbocycles. The van der Waals surface area contributed by atoms with Gasteiger partial charge in [-0.15, -0.1) is 0 Å². The first-order valence-electron chi connectivity index (χ1n) is 18.8. The van der Waals surface area contributed by atoms with Crippen LogP contribution in [-0.2, 0) is 5.41 Å². The van der Waals surface area contributed by atoms with Crippen LogP contribution in [-0.4, -0.2) is 15.0 Å². The Hall–Kier alpha value is -7.23. The molecule has 0 saturated heterocycles. The molecular formula is C52H33N3. The van der Waals surface area contributed by atoms with Crippen molar-refractivity contribution in [1.82, 2.24) is 15.0 Å². The molecule has 0 bridgehead atoms. The van der Waals surface area contributed by atoms with E-state index in [-0.39, 0.29) is 5.41 Å². The normalized spacial score (nSPS) is 12.9. The molecule has 55 heavy (non-hydrogen) atoms. The predicted molar refractivity (Wildman–Crippen MR) is 223 cm³/mol. The Balaban J connectivity index is 1.08. The van der Waals surface area contributed by atoms with Crippen LogP contribution < -0.4 is 0 Å². The van der Waals surface area contributed by atoms with E-state index in [1.54, 1.807) is 6.20 Å². The zero-order chi connectivity index (χ0) is 36.3. The molecule has 0 aliphatic heterocycles. The van der Waals surface area contributed by atoms with Crippen LogP contribution >= 0.6 is 0 Å². The van der Waals surface area contributed by atoms with E-state index in [2.05, 4.69) is 181 Å². The number of aromatic nitrogens is 3. The second kappa shape index (κ2) is 12.4. The highest BCUT2D eigenvalue weighted by molar-refractivity contribution is 5.96. The monoisotopic (exact) mass is 699 g/mol. The molecule has 3 heteroatoms. The van der Waals surface area contributed by atoms with Crippen molar-refractivity contribution in [1.29, 1.82) is 0 Å². The number of hydrogen-bond donors (Lipinski definition) is 0. The van der Waals surface area contributed by atoms with Gasteiger partial charge in [-0.05, 0) is 85.0 Å². The van der Waals surface area contributed by atoms with Crippen molar-refractivity contribution < 1.29 is 0 Å². The Morgan fingerprint density at radius 3 is 1.38 bits per heavy atom. The van der Waals surface area contributed by atoms with E-state index in [1.807, 2.05) is 18.3 Å². The van der Waals surface area contributed by atoms with Crippen LogP contribution in [0.5, 0.6) is 0 Å². The van der Waals surface area contributed by atoms with E-state index in [1.165, 1.54) is 50.1 Å². The topological polar surface area (TPSA) is 38.7 Å². The van der Waals surface area contributed by atoms with Crippen LogP contribution in [0.4, 0.5) is 0 Å². The summed E-state index contributed by atoms with van der Waals surface area (Å²) in [5.74, 6) is 0.694. The van der Waals surface area contributed by atoms with Crippen molar-refractivity contribution in [3.8, 4) is 78.4 Å². The molecule has 0 unspecified atom stereocenters. The van der Waals surface area contributed by atoms with Crippen LogP contribution in [0, 0.1) is 0 Å². The molecule has 11 rings (SSSR count). The largest absolute Gasteiger partial charge is 0.264 e. The van der Waals surface area contributed by atoms with E-state index in [9.17, 15) is 0 Å². The first-order chi connectivity index (χ1) is 27.3. The van der Waals surface area contributed by atoms with Gasteiger partial charge in [0.1, 0.15) is 0 Å². The van der Waals surface area contributed by atoms with Gasteiger partial charge in [0.15, 0.2) is 5.82 Å². The maximum absolute atomic E-state index is 5.29. The second-order valence-corrected chi connectivity index (χ2v) is 14.4. The standard InChI is InChI=1S/C52H33N3/c1-2-11-34(12-3-1)35-22-26-38(27-23-35)51-54-49(37-24-20-36(21-25-37)40-13-10-30-53-33-40)32-50(55-51)39-28-29-48-44(31-39)43-16-6-9-19-47(43)52(48)45-17-7-4-14-41(45)42-15-5-8-18-46(42)52/h1-33H. The molecule has 9 aromatic rings. The summed E-state index contributed by atoms with van der Waals surface area (Å²) in [7, 11) is 0. The van der Waals surface area contributed by atoms with Crippen molar-refractivity contribution in [2.75, 3.05) is 0 Å². The maximum Gasteiger partial charge on any atom is 0.160 e. The fourth-order valence-corrected chi connectivity index (χ4v) is 8.94. The van der Waals surface area contributed by atoms with Gasteiger partial charge >= 0.3 is 0 Å². The smallest absolute Gasteiger partial charge is 0.160 e. The lowest BCUT2D eigenvalue weighted by atomic mass is 9.70. The highest BCUT2D eigenvalue weighted by atomic mass is 14.9. The third kappa shape index (κ3) is 4.87. The van der Waals surface area contributed by atoms with E-state index >= 15 is 0 Å². The molecule has 0 N–H and O–H groups in total. The SMILES string of the molecule is c1ccc(-c2ccc(-c3nc(-c4ccc(-c5cccnc5)cc4)cc(-c4ccc5c(c4)-c4ccccc4C54c5ccccc5-c5ccccc54)n3)cc2)cc1.